The lowest BCUT2D eigenvalue weighted by molar-refractivity contribution is -0.132. The van der Waals surface area contributed by atoms with E-state index in [9.17, 15) is 13.6 Å². The zero-order chi connectivity index (χ0) is 21.7. The number of nitrogens with zero attached hydrogens (tertiary/aromatic N) is 3. The largest absolute Gasteiger partial charge is 0.381 e. The van der Waals surface area contributed by atoms with E-state index >= 15 is 0 Å². The Morgan fingerprint density at radius 2 is 1.77 bits per heavy atom. The van der Waals surface area contributed by atoms with Gasteiger partial charge < -0.3 is 9.64 Å². The highest BCUT2D eigenvalue weighted by Gasteiger charge is 2.43. The van der Waals surface area contributed by atoms with Crippen LogP contribution in [-0.2, 0) is 9.53 Å². The van der Waals surface area contributed by atoms with Gasteiger partial charge in [-0.2, -0.15) is 5.10 Å². The minimum Gasteiger partial charge on any atom is -0.381 e. The Bertz CT molecular complexity index is 980. The van der Waals surface area contributed by atoms with Gasteiger partial charge in [-0.3, -0.25) is 4.79 Å². The molecule has 2 saturated heterocycles. The van der Waals surface area contributed by atoms with Crippen molar-refractivity contribution in [1.29, 1.82) is 0 Å². The Labute approximate surface area is 180 Å². The monoisotopic (exact) mass is 427 g/mol. The average Bonchev–Trinajstić information content (AvgIpc) is 3.34. The van der Waals surface area contributed by atoms with Crippen LogP contribution in [0.25, 0.3) is 11.3 Å². The minimum atomic E-state index is -0.662. The first-order valence-electron chi connectivity index (χ1n) is 11.1. The minimum absolute atomic E-state index is 0.0944. The van der Waals surface area contributed by atoms with Crippen molar-refractivity contribution in [3.05, 3.63) is 47.2 Å². The summed E-state index contributed by atoms with van der Waals surface area (Å²) in [6.07, 6.45) is 1.56. The Kier molecular flexibility index (Phi) is 5.24. The molecule has 3 unspecified atom stereocenters. The van der Waals surface area contributed by atoms with Crippen molar-refractivity contribution in [2.24, 2.45) is 17.8 Å². The summed E-state index contributed by atoms with van der Waals surface area (Å²) >= 11 is 0. The third kappa shape index (κ3) is 3.53. The van der Waals surface area contributed by atoms with E-state index in [1.54, 1.807) is 6.07 Å². The maximum atomic E-state index is 14.4. The van der Waals surface area contributed by atoms with Gasteiger partial charge in [0.25, 0.3) is 0 Å². The first kappa shape index (κ1) is 20.5. The molecule has 0 radical (unpaired) electrons. The molecular formula is C24H27F2N3O2. The summed E-state index contributed by atoms with van der Waals surface area (Å²) in [5, 5.41) is 8.57. The summed E-state index contributed by atoms with van der Waals surface area (Å²) in [5.41, 5.74) is 1.58. The first-order chi connectivity index (χ1) is 14.9. The molecule has 31 heavy (non-hydrogen) atoms. The Morgan fingerprint density at radius 3 is 2.42 bits per heavy atom. The number of carbonyl (C=O) groups excluding carboxylic acids is 1. The molecule has 164 valence electrons. The number of amides is 1. The lowest BCUT2D eigenvalue weighted by Gasteiger charge is -2.34. The fraction of sp³-hybridized carbons (Fsp3) is 0.542. The molecule has 2 aliphatic heterocycles. The molecule has 0 spiro atoms. The predicted molar refractivity (Wildman–Crippen MR) is 111 cm³/mol. The smallest absolute Gasteiger partial charge is 0.231 e. The SMILES string of the molecule is CC(C)[C@@H]1CCC(C(=O)N2CC3COCC3C2)c2nnc(-c3c(F)cccc3F)cc21. The summed E-state index contributed by atoms with van der Waals surface area (Å²) in [5.74, 6) is -0.237. The normalized spacial score (nSPS) is 27.5. The molecule has 4 atom stereocenters. The zero-order valence-electron chi connectivity index (χ0n) is 17.9. The second kappa shape index (κ2) is 7.93. The molecule has 2 fully saturated rings. The van der Waals surface area contributed by atoms with Gasteiger partial charge in [-0.05, 0) is 48.4 Å². The number of hydrogen-bond acceptors (Lipinski definition) is 4. The van der Waals surface area contributed by atoms with E-state index in [1.807, 2.05) is 4.90 Å². The van der Waals surface area contributed by atoms with Crippen LogP contribution in [0.3, 0.4) is 0 Å². The van der Waals surface area contributed by atoms with Crippen LogP contribution in [0.15, 0.2) is 24.3 Å². The van der Waals surface area contributed by atoms with Crippen LogP contribution < -0.4 is 0 Å². The van der Waals surface area contributed by atoms with Crippen LogP contribution in [0, 0.1) is 29.4 Å². The van der Waals surface area contributed by atoms with Crippen molar-refractivity contribution in [1.82, 2.24) is 15.1 Å². The van der Waals surface area contributed by atoms with E-state index in [-0.39, 0.29) is 29.0 Å². The van der Waals surface area contributed by atoms with Crippen molar-refractivity contribution in [2.45, 2.75) is 38.5 Å². The molecule has 3 aliphatic rings. The Hall–Kier alpha value is -2.41. The van der Waals surface area contributed by atoms with Crippen molar-refractivity contribution >= 4 is 5.91 Å². The molecule has 1 aliphatic carbocycles. The van der Waals surface area contributed by atoms with Gasteiger partial charge in [-0.15, -0.1) is 5.10 Å². The number of hydrogen-bond donors (Lipinski definition) is 0. The standard InChI is InChI=1S/C24H27F2N3O2/c1-13(2)16-6-7-17(24(30)29-9-14-11-31-12-15(14)10-29)23-18(16)8-21(27-28-23)22-19(25)4-3-5-20(22)26/h3-5,8,13-17H,6-7,9-12H2,1-2H3/t14?,15?,16-,17?/m0/s1. The van der Waals surface area contributed by atoms with E-state index in [0.29, 0.717) is 23.4 Å². The molecule has 0 N–H and O–H groups in total. The highest BCUT2D eigenvalue weighted by atomic mass is 19.1. The molecule has 7 heteroatoms. The van der Waals surface area contributed by atoms with Gasteiger partial charge in [0.2, 0.25) is 5.91 Å². The molecule has 1 aromatic carbocycles. The number of likely N-dealkylation sites (tertiary alicyclic amines) is 1. The van der Waals surface area contributed by atoms with Gasteiger partial charge in [0.05, 0.1) is 36.1 Å². The summed E-state index contributed by atoms with van der Waals surface area (Å²) in [4.78, 5) is 15.4. The van der Waals surface area contributed by atoms with Crippen molar-refractivity contribution < 1.29 is 18.3 Å². The fourth-order valence-corrected chi connectivity index (χ4v) is 5.51. The predicted octanol–water partition coefficient (Wildman–Crippen LogP) is 4.14. The topological polar surface area (TPSA) is 55.3 Å². The number of halogens is 2. The second-order valence-corrected chi connectivity index (χ2v) is 9.45. The lowest BCUT2D eigenvalue weighted by Crippen LogP contribution is -2.37. The fourth-order valence-electron chi connectivity index (χ4n) is 5.51. The van der Waals surface area contributed by atoms with Crippen LogP contribution >= 0.6 is 0 Å². The molecule has 5 nitrogen and oxygen atoms in total. The third-order valence-electron chi connectivity index (χ3n) is 7.22. The molecule has 2 aromatic rings. The number of carbonyl (C=O) groups is 1. The maximum Gasteiger partial charge on any atom is 0.231 e. The van der Waals surface area contributed by atoms with E-state index in [4.69, 9.17) is 4.74 Å². The van der Waals surface area contributed by atoms with Gasteiger partial charge in [-0.1, -0.05) is 19.9 Å². The molecule has 0 saturated carbocycles. The van der Waals surface area contributed by atoms with Gasteiger partial charge in [0.1, 0.15) is 11.6 Å². The molecule has 0 bridgehead atoms. The van der Waals surface area contributed by atoms with Gasteiger partial charge in [0, 0.05) is 24.9 Å². The molecule has 3 heterocycles. The zero-order valence-corrected chi connectivity index (χ0v) is 17.9. The van der Waals surface area contributed by atoms with E-state index in [1.165, 1.54) is 18.2 Å². The van der Waals surface area contributed by atoms with Gasteiger partial charge in [0.15, 0.2) is 0 Å². The lowest BCUT2D eigenvalue weighted by atomic mass is 9.74. The van der Waals surface area contributed by atoms with Crippen molar-refractivity contribution in [2.75, 3.05) is 26.3 Å². The van der Waals surface area contributed by atoms with Crippen LogP contribution in [0.4, 0.5) is 8.78 Å². The molecule has 1 amide bonds. The number of fused-ring (bicyclic) bond motifs is 2. The van der Waals surface area contributed by atoms with Gasteiger partial charge in [-0.25, -0.2) is 8.78 Å². The summed E-state index contributed by atoms with van der Waals surface area (Å²) in [6, 6.07) is 5.53. The Morgan fingerprint density at radius 1 is 1.10 bits per heavy atom. The summed E-state index contributed by atoms with van der Waals surface area (Å²) in [7, 11) is 0. The molecule has 5 rings (SSSR count). The number of ether oxygens (including phenoxy) is 1. The van der Waals surface area contributed by atoms with E-state index in [2.05, 4.69) is 24.0 Å². The summed E-state index contributed by atoms with van der Waals surface area (Å²) in [6.45, 7) is 7.17. The maximum absolute atomic E-state index is 14.4. The average molecular weight is 427 g/mol. The molecular weight excluding hydrogens is 400 g/mol. The Balaban J connectivity index is 1.51. The van der Waals surface area contributed by atoms with Crippen LogP contribution in [0.5, 0.6) is 0 Å². The second-order valence-electron chi connectivity index (χ2n) is 9.45. The van der Waals surface area contributed by atoms with Gasteiger partial charge >= 0.3 is 0 Å². The van der Waals surface area contributed by atoms with Crippen LogP contribution in [0.2, 0.25) is 0 Å². The highest BCUT2D eigenvalue weighted by molar-refractivity contribution is 5.84. The van der Waals surface area contributed by atoms with Crippen LogP contribution in [0.1, 0.15) is 49.8 Å². The number of rotatable bonds is 3. The first-order valence-corrected chi connectivity index (χ1v) is 11.1. The quantitative estimate of drug-likeness (QED) is 0.739. The van der Waals surface area contributed by atoms with Crippen molar-refractivity contribution in [3.63, 3.8) is 0 Å². The summed E-state index contributed by atoms with van der Waals surface area (Å²) < 4.78 is 34.3. The van der Waals surface area contributed by atoms with Crippen LogP contribution in [-0.4, -0.2) is 47.3 Å². The third-order valence-corrected chi connectivity index (χ3v) is 7.22. The number of benzene rings is 1. The highest BCUT2D eigenvalue weighted by Crippen LogP contribution is 2.44. The molecule has 1 aromatic heterocycles. The van der Waals surface area contributed by atoms with Crippen molar-refractivity contribution in [3.8, 4) is 11.3 Å². The van der Waals surface area contributed by atoms with E-state index in [0.717, 1.165) is 44.7 Å². The van der Waals surface area contributed by atoms with E-state index < -0.39 is 11.6 Å². The number of aromatic nitrogens is 2.